The Kier molecular flexibility index (Phi) is 7.68. The van der Waals surface area contributed by atoms with Gasteiger partial charge >= 0.3 is 0 Å². The van der Waals surface area contributed by atoms with Crippen LogP contribution in [0.3, 0.4) is 0 Å². The number of carbonyl (C=O) groups excluding carboxylic acids is 1. The maximum Gasteiger partial charge on any atom is 0.258 e. The molecule has 0 aliphatic rings. The van der Waals surface area contributed by atoms with Crippen LogP contribution in [0, 0.1) is 0 Å². The SMILES string of the molecule is COc1ccc(CNCc2cc(Br)ccc2OCC(=O)NC(C)(C)C)cc1. The van der Waals surface area contributed by atoms with Crippen molar-refractivity contribution in [1.82, 2.24) is 10.6 Å². The molecule has 0 radical (unpaired) electrons. The highest BCUT2D eigenvalue weighted by Gasteiger charge is 2.14. The second-order valence-electron chi connectivity index (χ2n) is 7.29. The summed E-state index contributed by atoms with van der Waals surface area (Å²) in [7, 11) is 1.66. The van der Waals surface area contributed by atoms with Crippen LogP contribution < -0.4 is 20.1 Å². The summed E-state index contributed by atoms with van der Waals surface area (Å²) < 4.78 is 11.9. The van der Waals surface area contributed by atoms with Gasteiger partial charge in [-0.25, -0.2) is 0 Å². The Hall–Kier alpha value is -2.05. The summed E-state index contributed by atoms with van der Waals surface area (Å²) in [6.45, 7) is 7.17. The first-order valence-electron chi connectivity index (χ1n) is 8.83. The molecule has 0 fully saturated rings. The fourth-order valence-electron chi connectivity index (χ4n) is 2.51. The number of amides is 1. The van der Waals surface area contributed by atoms with E-state index in [2.05, 4.69) is 26.6 Å². The smallest absolute Gasteiger partial charge is 0.258 e. The van der Waals surface area contributed by atoms with Crippen molar-refractivity contribution in [3.8, 4) is 11.5 Å². The number of hydrogen-bond donors (Lipinski definition) is 2. The van der Waals surface area contributed by atoms with Gasteiger partial charge in [0, 0.05) is 28.7 Å². The second-order valence-corrected chi connectivity index (χ2v) is 8.21. The van der Waals surface area contributed by atoms with Crippen LogP contribution >= 0.6 is 15.9 Å². The Labute approximate surface area is 169 Å². The molecular weight excluding hydrogens is 408 g/mol. The molecule has 0 saturated carbocycles. The summed E-state index contributed by atoms with van der Waals surface area (Å²) in [4.78, 5) is 12.0. The molecule has 0 saturated heterocycles. The van der Waals surface area contributed by atoms with E-state index in [4.69, 9.17) is 9.47 Å². The third kappa shape index (κ3) is 7.61. The maximum atomic E-state index is 12.0. The van der Waals surface area contributed by atoms with E-state index < -0.39 is 0 Å². The molecule has 0 heterocycles. The van der Waals surface area contributed by atoms with Crippen molar-refractivity contribution in [3.63, 3.8) is 0 Å². The Morgan fingerprint density at radius 3 is 2.41 bits per heavy atom. The van der Waals surface area contributed by atoms with Crippen LogP contribution in [0.15, 0.2) is 46.9 Å². The van der Waals surface area contributed by atoms with E-state index >= 15 is 0 Å². The maximum absolute atomic E-state index is 12.0. The molecule has 2 rings (SSSR count). The summed E-state index contributed by atoms with van der Waals surface area (Å²) >= 11 is 3.49. The highest BCUT2D eigenvalue weighted by Crippen LogP contribution is 2.23. The first-order chi connectivity index (χ1) is 12.8. The zero-order valence-electron chi connectivity index (χ0n) is 16.3. The predicted molar refractivity (Wildman–Crippen MR) is 111 cm³/mol. The molecule has 0 aliphatic carbocycles. The van der Waals surface area contributed by atoms with Crippen LogP contribution in [0.5, 0.6) is 11.5 Å². The fourth-order valence-corrected chi connectivity index (χ4v) is 2.92. The number of ether oxygens (including phenoxy) is 2. The standard InChI is InChI=1S/C21H27BrN2O3/c1-21(2,3)24-20(25)14-27-19-10-7-17(22)11-16(19)13-23-12-15-5-8-18(26-4)9-6-15/h5-11,23H,12-14H2,1-4H3,(H,24,25). The Bertz CT molecular complexity index is 755. The van der Waals surface area contributed by atoms with Gasteiger partial charge in [0.15, 0.2) is 6.61 Å². The Balaban J connectivity index is 1.93. The molecule has 1 amide bonds. The molecule has 5 nitrogen and oxygen atoms in total. The summed E-state index contributed by atoms with van der Waals surface area (Å²) in [5, 5.41) is 6.30. The molecular formula is C21H27BrN2O3. The van der Waals surface area contributed by atoms with E-state index in [1.165, 1.54) is 0 Å². The van der Waals surface area contributed by atoms with Gasteiger partial charge in [0.05, 0.1) is 7.11 Å². The molecule has 0 atom stereocenters. The predicted octanol–water partition coefficient (Wildman–Crippen LogP) is 4.04. The van der Waals surface area contributed by atoms with Crippen molar-refractivity contribution in [2.75, 3.05) is 13.7 Å². The van der Waals surface area contributed by atoms with E-state index in [0.29, 0.717) is 12.3 Å². The highest BCUT2D eigenvalue weighted by molar-refractivity contribution is 9.10. The number of methoxy groups -OCH3 is 1. The van der Waals surface area contributed by atoms with Crippen molar-refractivity contribution < 1.29 is 14.3 Å². The Morgan fingerprint density at radius 1 is 1.07 bits per heavy atom. The first kappa shape index (κ1) is 21.3. The molecule has 0 aliphatic heterocycles. The monoisotopic (exact) mass is 434 g/mol. The van der Waals surface area contributed by atoms with E-state index in [1.54, 1.807) is 7.11 Å². The van der Waals surface area contributed by atoms with Crippen molar-refractivity contribution in [2.24, 2.45) is 0 Å². The number of benzene rings is 2. The largest absolute Gasteiger partial charge is 0.497 e. The lowest BCUT2D eigenvalue weighted by atomic mass is 10.1. The zero-order valence-corrected chi connectivity index (χ0v) is 17.9. The van der Waals surface area contributed by atoms with Crippen LogP contribution in [-0.4, -0.2) is 25.2 Å². The van der Waals surface area contributed by atoms with Crippen LogP contribution in [0.25, 0.3) is 0 Å². The quantitative estimate of drug-likeness (QED) is 0.657. The number of carbonyl (C=O) groups is 1. The van der Waals surface area contributed by atoms with Gasteiger partial charge in [-0.2, -0.15) is 0 Å². The number of rotatable bonds is 8. The fraction of sp³-hybridized carbons (Fsp3) is 0.381. The molecule has 6 heteroatoms. The minimum absolute atomic E-state index is 0.00954. The zero-order chi connectivity index (χ0) is 19.9. The number of nitrogens with one attached hydrogen (secondary N) is 2. The number of hydrogen-bond acceptors (Lipinski definition) is 4. The van der Waals surface area contributed by atoms with Gasteiger partial charge in [-0.05, 0) is 56.7 Å². The summed E-state index contributed by atoms with van der Waals surface area (Å²) in [5.74, 6) is 1.40. The molecule has 0 unspecified atom stereocenters. The van der Waals surface area contributed by atoms with Crippen LogP contribution in [-0.2, 0) is 17.9 Å². The van der Waals surface area contributed by atoms with E-state index in [1.807, 2.05) is 63.2 Å². The van der Waals surface area contributed by atoms with Crippen molar-refractivity contribution >= 4 is 21.8 Å². The topological polar surface area (TPSA) is 59.6 Å². The van der Waals surface area contributed by atoms with Gasteiger partial charge in [0.2, 0.25) is 0 Å². The molecule has 0 spiro atoms. The molecule has 0 bridgehead atoms. The normalized spacial score (nSPS) is 11.1. The van der Waals surface area contributed by atoms with Gasteiger partial charge in [-0.1, -0.05) is 28.1 Å². The number of halogens is 1. The summed E-state index contributed by atoms with van der Waals surface area (Å²) in [5.41, 5.74) is 1.88. The van der Waals surface area contributed by atoms with Gasteiger partial charge in [0.25, 0.3) is 5.91 Å². The first-order valence-corrected chi connectivity index (χ1v) is 9.62. The molecule has 2 aromatic rings. The molecule has 146 valence electrons. The third-order valence-electron chi connectivity index (χ3n) is 3.70. The highest BCUT2D eigenvalue weighted by atomic mass is 79.9. The minimum atomic E-state index is -0.275. The van der Waals surface area contributed by atoms with E-state index in [9.17, 15) is 4.79 Å². The molecule has 27 heavy (non-hydrogen) atoms. The minimum Gasteiger partial charge on any atom is -0.497 e. The lowest BCUT2D eigenvalue weighted by Crippen LogP contribution is -2.43. The van der Waals surface area contributed by atoms with Gasteiger partial charge < -0.3 is 20.1 Å². The average Bonchev–Trinajstić information content (AvgIpc) is 2.60. The summed E-state index contributed by atoms with van der Waals surface area (Å²) in [6, 6.07) is 13.7. The lowest BCUT2D eigenvalue weighted by Gasteiger charge is -2.21. The van der Waals surface area contributed by atoms with Crippen LogP contribution in [0.2, 0.25) is 0 Å². The van der Waals surface area contributed by atoms with Crippen LogP contribution in [0.4, 0.5) is 0 Å². The summed E-state index contributed by atoms with van der Waals surface area (Å²) in [6.07, 6.45) is 0. The van der Waals surface area contributed by atoms with Crippen molar-refractivity contribution in [3.05, 3.63) is 58.1 Å². The van der Waals surface area contributed by atoms with Gasteiger partial charge in [0.1, 0.15) is 11.5 Å². The third-order valence-corrected chi connectivity index (χ3v) is 4.19. The van der Waals surface area contributed by atoms with Gasteiger partial charge in [-0.15, -0.1) is 0 Å². The van der Waals surface area contributed by atoms with E-state index in [-0.39, 0.29) is 18.1 Å². The lowest BCUT2D eigenvalue weighted by molar-refractivity contribution is -0.124. The molecule has 2 N–H and O–H groups in total. The molecule has 0 aromatic heterocycles. The van der Waals surface area contributed by atoms with E-state index in [0.717, 1.165) is 27.9 Å². The Morgan fingerprint density at radius 2 is 1.78 bits per heavy atom. The average molecular weight is 435 g/mol. The van der Waals surface area contributed by atoms with Crippen LogP contribution in [0.1, 0.15) is 31.9 Å². The van der Waals surface area contributed by atoms with Crippen molar-refractivity contribution in [1.29, 1.82) is 0 Å². The van der Waals surface area contributed by atoms with Crippen molar-refractivity contribution in [2.45, 2.75) is 39.4 Å². The van der Waals surface area contributed by atoms with Gasteiger partial charge in [-0.3, -0.25) is 4.79 Å². The molecule has 2 aromatic carbocycles. The second kappa shape index (κ2) is 9.76.